The van der Waals surface area contributed by atoms with E-state index < -0.39 is 0 Å². The normalized spacial score (nSPS) is 9.29. The smallest absolute Gasteiger partial charge is 0.194 e. The molecular weight excluding hydrogens is 220 g/mol. The van der Waals surface area contributed by atoms with Crippen LogP contribution < -0.4 is 0 Å². The van der Waals surface area contributed by atoms with Gasteiger partial charge in [0.25, 0.3) is 0 Å². The number of hydrogen-bond acceptors (Lipinski definition) is 4. The van der Waals surface area contributed by atoms with Gasteiger partial charge in [0.2, 0.25) is 0 Å². The molecule has 76 valence electrons. The second-order valence-corrected chi connectivity index (χ2v) is 3.32. The second-order valence-electron chi connectivity index (χ2n) is 2.54. The minimum atomic E-state index is 0.653. The first-order valence-electron chi connectivity index (χ1n) is 3.73. The van der Waals surface area contributed by atoms with Crippen LogP contribution in [0.25, 0.3) is 0 Å². The highest BCUT2D eigenvalue weighted by Gasteiger charge is 1.78. The Bertz CT molecular complexity index is 442. The molecule has 0 saturated carbocycles. The van der Waals surface area contributed by atoms with E-state index in [9.17, 15) is 0 Å². The molecule has 0 atom stereocenters. The maximum absolute atomic E-state index is 4.73. The molecule has 0 saturated heterocycles. The zero-order valence-electron chi connectivity index (χ0n) is 7.76. The molecule has 0 aromatic carbocycles. The Morgan fingerprint density at radius 3 is 1.43 bits per heavy atom. The molecule has 0 unspecified atom stereocenters. The van der Waals surface area contributed by atoms with Crippen molar-refractivity contribution in [3.63, 3.8) is 0 Å². The number of nitrogens with zero attached hydrogens (tertiary/aromatic N) is 4. The third-order valence-corrected chi connectivity index (χ3v) is 2.18. The zero-order valence-corrected chi connectivity index (χ0v) is 9.39. The standard InChI is InChI=1S/2C3H5N3S/c2*1-6-2-4-5-3(6)7/h2*2H,1H3,(H,5,7). The van der Waals surface area contributed by atoms with Crippen LogP contribution >= 0.6 is 24.4 Å². The molecule has 0 bridgehead atoms. The van der Waals surface area contributed by atoms with Gasteiger partial charge in [-0.1, -0.05) is 0 Å². The molecule has 2 aromatic heterocycles. The van der Waals surface area contributed by atoms with Gasteiger partial charge in [-0.15, -0.1) is 0 Å². The van der Waals surface area contributed by atoms with E-state index in [-0.39, 0.29) is 0 Å². The molecule has 0 aliphatic carbocycles. The summed E-state index contributed by atoms with van der Waals surface area (Å²) in [6, 6.07) is 0. The van der Waals surface area contributed by atoms with Crippen molar-refractivity contribution in [2.45, 2.75) is 0 Å². The zero-order chi connectivity index (χ0) is 10.6. The first-order valence-corrected chi connectivity index (χ1v) is 4.55. The number of nitrogens with one attached hydrogen (secondary N) is 2. The summed E-state index contributed by atoms with van der Waals surface area (Å²) in [6.07, 6.45) is 3.25. The van der Waals surface area contributed by atoms with Gasteiger partial charge in [-0.2, -0.15) is 10.2 Å². The van der Waals surface area contributed by atoms with Crippen LogP contribution in [0.15, 0.2) is 12.7 Å². The van der Waals surface area contributed by atoms with Crippen LogP contribution in [0.2, 0.25) is 0 Å². The van der Waals surface area contributed by atoms with Crippen molar-refractivity contribution in [1.82, 2.24) is 29.5 Å². The van der Waals surface area contributed by atoms with E-state index in [0.717, 1.165) is 0 Å². The Labute approximate surface area is 90.6 Å². The monoisotopic (exact) mass is 230 g/mol. The van der Waals surface area contributed by atoms with E-state index in [1.807, 2.05) is 14.1 Å². The van der Waals surface area contributed by atoms with Crippen molar-refractivity contribution >= 4 is 24.4 Å². The number of aryl methyl sites for hydroxylation is 2. The van der Waals surface area contributed by atoms with Gasteiger partial charge in [-0.3, -0.25) is 10.2 Å². The van der Waals surface area contributed by atoms with E-state index in [1.54, 1.807) is 21.8 Å². The molecule has 2 N–H and O–H groups in total. The Hall–Kier alpha value is -1.28. The Kier molecular flexibility index (Phi) is 3.72. The number of aromatic nitrogens is 6. The summed E-state index contributed by atoms with van der Waals surface area (Å²) in [5, 5.41) is 12.5. The molecule has 0 radical (unpaired) electrons. The van der Waals surface area contributed by atoms with Gasteiger partial charge >= 0.3 is 0 Å². The fourth-order valence-corrected chi connectivity index (χ4v) is 0.804. The molecule has 14 heavy (non-hydrogen) atoms. The van der Waals surface area contributed by atoms with E-state index in [2.05, 4.69) is 20.4 Å². The Morgan fingerprint density at radius 2 is 1.36 bits per heavy atom. The lowest BCUT2D eigenvalue weighted by Gasteiger charge is -1.77. The molecule has 0 aliphatic rings. The number of rotatable bonds is 0. The molecule has 2 rings (SSSR count). The summed E-state index contributed by atoms with van der Waals surface area (Å²) >= 11 is 9.46. The highest BCUT2D eigenvalue weighted by atomic mass is 32.1. The molecule has 0 amide bonds. The molecule has 2 heterocycles. The van der Waals surface area contributed by atoms with Crippen LogP contribution in [0.4, 0.5) is 0 Å². The first-order chi connectivity index (χ1) is 6.61. The molecule has 8 heteroatoms. The lowest BCUT2D eigenvalue weighted by Crippen LogP contribution is -1.81. The van der Waals surface area contributed by atoms with Crippen LogP contribution in [-0.2, 0) is 14.1 Å². The minimum Gasteiger partial charge on any atom is -0.310 e. The summed E-state index contributed by atoms with van der Waals surface area (Å²) in [5.41, 5.74) is 0. The Balaban J connectivity index is 0.000000140. The van der Waals surface area contributed by atoms with Gasteiger partial charge in [0.1, 0.15) is 12.7 Å². The van der Waals surface area contributed by atoms with Crippen molar-refractivity contribution in [3.8, 4) is 0 Å². The van der Waals surface area contributed by atoms with Crippen molar-refractivity contribution in [1.29, 1.82) is 0 Å². The quantitative estimate of drug-likeness (QED) is 0.661. The highest BCUT2D eigenvalue weighted by molar-refractivity contribution is 7.71. The van der Waals surface area contributed by atoms with Crippen molar-refractivity contribution in [2.24, 2.45) is 14.1 Å². The fraction of sp³-hybridized carbons (Fsp3) is 0.333. The van der Waals surface area contributed by atoms with Gasteiger partial charge < -0.3 is 9.13 Å². The van der Waals surface area contributed by atoms with Gasteiger partial charge in [0.15, 0.2) is 9.54 Å². The third-order valence-electron chi connectivity index (χ3n) is 1.42. The van der Waals surface area contributed by atoms with Gasteiger partial charge in [-0.05, 0) is 24.4 Å². The van der Waals surface area contributed by atoms with Crippen molar-refractivity contribution in [3.05, 3.63) is 22.2 Å². The molecule has 0 fully saturated rings. The Morgan fingerprint density at radius 1 is 1.00 bits per heavy atom. The summed E-state index contributed by atoms with van der Waals surface area (Å²) in [5.74, 6) is 0. The van der Waals surface area contributed by atoms with Gasteiger partial charge in [-0.25, -0.2) is 0 Å². The van der Waals surface area contributed by atoms with Crippen LogP contribution in [-0.4, -0.2) is 29.5 Å². The van der Waals surface area contributed by atoms with E-state index in [4.69, 9.17) is 24.4 Å². The summed E-state index contributed by atoms with van der Waals surface area (Å²) in [4.78, 5) is 0. The predicted molar refractivity (Wildman–Crippen MR) is 56.8 cm³/mol. The van der Waals surface area contributed by atoms with Gasteiger partial charge in [0, 0.05) is 14.1 Å². The molecular formula is C6H10N6S2. The van der Waals surface area contributed by atoms with Crippen LogP contribution in [0.5, 0.6) is 0 Å². The maximum Gasteiger partial charge on any atom is 0.194 e. The van der Waals surface area contributed by atoms with Crippen molar-refractivity contribution < 1.29 is 0 Å². The van der Waals surface area contributed by atoms with Crippen LogP contribution in [0.3, 0.4) is 0 Å². The third kappa shape index (κ3) is 2.89. The van der Waals surface area contributed by atoms with E-state index in [1.165, 1.54) is 0 Å². The summed E-state index contributed by atoms with van der Waals surface area (Å²) in [7, 11) is 3.68. The summed E-state index contributed by atoms with van der Waals surface area (Å²) < 4.78 is 4.77. The maximum atomic E-state index is 4.73. The van der Waals surface area contributed by atoms with Crippen molar-refractivity contribution in [2.75, 3.05) is 0 Å². The van der Waals surface area contributed by atoms with Gasteiger partial charge in [0.05, 0.1) is 0 Å². The molecule has 6 nitrogen and oxygen atoms in total. The minimum absolute atomic E-state index is 0.653. The lowest BCUT2D eigenvalue weighted by molar-refractivity contribution is 0.893. The lowest BCUT2D eigenvalue weighted by atomic mass is 11.1. The van der Waals surface area contributed by atoms with Crippen LogP contribution in [0.1, 0.15) is 0 Å². The SMILES string of the molecule is Cn1cn[nH]c1=S.Cn1cn[nH]c1=S. The number of aromatic amines is 2. The first kappa shape index (κ1) is 10.8. The average molecular weight is 230 g/mol. The van der Waals surface area contributed by atoms with E-state index in [0.29, 0.717) is 9.54 Å². The van der Waals surface area contributed by atoms with E-state index >= 15 is 0 Å². The number of hydrogen-bond donors (Lipinski definition) is 2. The predicted octanol–water partition coefficient (Wildman–Crippen LogP) is 0.955. The molecule has 2 aromatic rings. The second kappa shape index (κ2) is 4.82. The average Bonchev–Trinajstić information content (AvgIpc) is 2.67. The van der Waals surface area contributed by atoms with Crippen LogP contribution in [0, 0.1) is 9.54 Å². The highest BCUT2D eigenvalue weighted by Crippen LogP contribution is 1.77. The summed E-state index contributed by atoms with van der Waals surface area (Å²) in [6.45, 7) is 0. The number of H-pyrrole nitrogens is 2. The largest absolute Gasteiger partial charge is 0.310 e. The fourth-order valence-electron chi connectivity index (χ4n) is 0.604. The topological polar surface area (TPSA) is 67.2 Å². The molecule has 0 spiro atoms. The molecule has 0 aliphatic heterocycles.